The van der Waals surface area contributed by atoms with E-state index in [4.69, 9.17) is 11.6 Å². The van der Waals surface area contributed by atoms with Crippen LogP contribution in [0, 0.1) is 0 Å². The van der Waals surface area contributed by atoms with Crippen LogP contribution in [0.2, 0.25) is 0 Å². The minimum atomic E-state index is 0.146. The van der Waals surface area contributed by atoms with Gasteiger partial charge in [-0.05, 0) is 22.8 Å². The molecule has 0 aliphatic carbocycles. The van der Waals surface area contributed by atoms with Crippen LogP contribution in [-0.2, 0) is 0 Å². The second kappa shape index (κ2) is 6.80. The van der Waals surface area contributed by atoms with Crippen molar-refractivity contribution in [1.82, 2.24) is 0 Å². The molecule has 2 rings (SSSR count). The first-order valence-corrected chi connectivity index (χ1v) is 7.38. The highest BCUT2D eigenvalue weighted by Crippen LogP contribution is 2.32. The highest BCUT2D eigenvalue weighted by atomic mass is 35.5. The van der Waals surface area contributed by atoms with Crippen LogP contribution in [0.5, 0.6) is 0 Å². The molecular formula is C17H21Cl. The summed E-state index contributed by atoms with van der Waals surface area (Å²) in [5, 5.41) is 2.73. The van der Waals surface area contributed by atoms with Crippen molar-refractivity contribution < 1.29 is 0 Å². The van der Waals surface area contributed by atoms with Crippen LogP contribution >= 0.6 is 11.6 Å². The van der Waals surface area contributed by atoms with E-state index in [0.717, 1.165) is 6.42 Å². The molecule has 0 amide bonds. The van der Waals surface area contributed by atoms with Crippen LogP contribution in [-0.4, -0.2) is 0 Å². The van der Waals surface area contributed by atoms with Gasteiger partial charge in [-0.25, -0.2) is 0 Å². The van der Waals surface area contributed by atoms with Crippen LogP contribution < -0.4 is 0 Å². The fourth-order valence-corrected chi connectivity index (χ4v) is 2.77. The van der Waals surface area contributed by atoms with Crippen molar-refractivity contribution in [2.24, 2.45) is 0 Å². The Morgan fingerprint density at radius 2 is 1.72 bits per heavy atom. The summed E-state index contributed by atoms with van der Waals surface area (Å²) in [6.45, 7) is 2.24. The lowest BCUT2D eigenvalue weighted by Gasteiger charge is -2.12. The number of fused-ring (bicyclic) bond motifs is 1. The molecule has 2 aromatic rings. The van der Waals surface area contributed by atoms with Gasteiger partial charge in [0, 0.05) is 0 Å². The SMILES string of the molecule is CCCCCCC(Cl)c1cccc2ccccc12. The average Bonchev–Trinajstić information content (AvgIpc) is 2.43. The topological polar surface area (TPSA) is 0 Å². The van der Waals surface area contributed by atoms with Gasteiger partial charge in [-0.3, -0.25) is 0 Å². The molecule has 0 nitrogen and oxygen atoms in total. The molecule has 2 aromatic carbocycles. The fourth-order valence-electron chi connectivity index (χ4n) is 2.43. The second-order valence-corrected chi connectivity index (χ2v) is 5.41. The third-order valence-corrected chi connectivity index (χ3v) is 3.93. The van der Waals surface area contributed by atoms with E-state index in [2.05, 4.69) is 49.4 Å². The van der Waals surface area contributed by atoms with Crippen molar-refractivity contribution in [2.75, 3.05) is 0 Å². The first-order valence-electron chi connectivity index (χ1n) is 6.94. The van der Waals surface area contributed by atoms with Crippen molar-refractivity contribution in [3.8, 4) is 0 Å². The number of benzene rings is 2. The van der Waals surface area contributed by atoms with Crippen LogP contribution in [0.15, 0.2) is 42.5 Å². The third kappa shape index (κ3) is 3.26. The molecule has 1 heteroatoms. The van der Waals surface area contributed by atoms with E-state index < -0.39 is 0 Å². The minimum absolute atomic E-state index is 0.146. The molecule has 1 unspecified atom stereocenters. The first-order chi connectivity index (χ1) is 8.83. The molecule has 18 heavy (non-hydrogen) atoms. The monoisotopic (exact) mass is 260 g/mol. The summed E-state index contributed by atoms with van der Waals surface area (Å²) >= 11 is 6.56. The van der Waals surface area contributed by atoms with Crippen molar-refractivity contribution >= 4 is 22.4 Å². The van der Waals surface area contributed by atoms with Gasteiger partial charge in [0.15, 0.2) is 0 Å². The van der Waals surface area contributed by atoms with Crippen molar-refractivity contribution in [3.05, 3.63) is 48.0 Å². The Morgan fingerprint density at radius 1 is 0.944 bits per heavy atom. The quantitative estimate of drug-likeness (QED) is 0.435. The Bertz CT molecular complexity index is 484. The van der Waals surface area contributed by atoms with E-state index in [0.29, 0.717) is 0 Å². The molecule has 0 saturated carbocycles. The fraction of sp³-hybridized carbons (Fsp3) is 0.412. The Balaban J connectivity index is 2.10. The van der Waals surface area contributed by atoms with E-state index in [1.165, 1.54) is 42.0 Å². The molecule has 0 N–H and O–H groups in total. The van der Waals surface area contributed by atoms with Gasteiger partial charge < -0.3 is 0 Å². The Kier molecular flexibility index (Phi) is 5.07. The minimum Gasteiger partial charge on any atom is -0.118 e. The zero-order chi connectivity index (χ0) is 12.8. The van der Waals surface area contributed by atoms with Crippen LogP contribution in [0.3, 0.4) is 0 Å². The van der Waals surface area contributed by atoms with E-state index in [-0.39, 0.29) is 5.38 Å². The molecule has 0 spiro atoms. The number of alkyl halides is 1. The largest absolute Gasteiger partial charge is 0.118 e. The molecule has 0 saturated heterocycles. The van der Waals surface area contributed by atoms with E-state index in [9.17, 15) is 0 Å². The van der Waals surface area contributed by atoms with Gasteiger partial charge >= 0.3 is 0 Å². The third-order valence-electron chi connectivity index (χ3n) is 3.47. The van der Waals surface area contributed by atoms with E-state index in [1.54, 1.807) is 0 Å². The number of hydrogen-bond acceptors (Lipinski definition) is 0. The first kappa shape index (κ1) is 13.4. The summed E-state index contributed by atoms with van der Waals surface area (Å²) in [7, 11) is 0. The Labute approximate surface area is 115 Å². The van der Waals surface area contributed by atoms with Gasteiger partial charge in [-0.15, -0.1) is 11.6 Å². The normalized spacial score (nSPS) is 12.8. The van der Waals surface area contributed by atoms with Crippen LogP contribution in [0.25, 0.3) is 10.8 Å². The summed E-state index contributed by atoms with van der Waals surface area (Å²) in [6.07, 6.45) is 6.20. The highest BCUT2D eigenvalue weighted by molar-refractivity contribution is 6.21. The maximum absolute atomic E-state index is 6.56. The Hall–Kier alpha value is -1.01. The second-order valence-electron chi connectivity index (χ2n) is 4.89. The highest BCUT2D eigenvalue weighted by Gasteiger charge is 2.10. The molecule has 0 fully saturated rings. The predicted octanol–water partition coefficient (Wildman–Crippen LogP) is 6.09. The molecule has 0 aromatic heterocycles. The van der Waals surface area contributed by atoms with Crippen molar-refractivity contribution in [3.63, 3.8) is 0 Å². The molecule has 1 atom stereocenters. The summed E-state index contributed by atoms with van der Waals surface area (Å²) in [6, 6.07) is 14.9. The van der Waals surface area contributed by atoms with Crippen LogP contribution in [0.4, 0.5) is 0 Å². The lowest BCUT2D eigenvalue weighted by Crippen LogP contribution is -1.92. The van der Waals surface area contributed by atoms with Crippen molar-refractivity contribution in [1.29, 1.82) is 0 Å². The van der Waals surface area contributed by atoms with Crippen molar-refractivity contribution in [2.45, 2.75) is 44.4 Å². The maximum atomic E-state index is 6.56. The zero-order valence-electron chi connectivity index (χ0n) is 11.0. The standard InChI is InChI=1S/C17H21Cl/c1-2-3-4-5-13-17(18)16-12-8-10-14-9-6-7-11-15(14)16/h6-12,17H,2-5,13H2,1H3. The maximum Gasteiger partial charge on any atom is 0.0591 e. The predicted molar refractivity (Wildman–Crippen MR) is 81.3 cm³/mol. The molecule has 0 bridgehead atoms. The van der Waals surface area contributed by atoms with Gasteiger partial charge in [-0.2, -0.15) is 0 Å². The van der Waals surface area contributed by atoms with Gasteiger partial charge in [0.05, 0.1) is 5.38 Å². The molecule has 0 aliphatic rings. The van der Waals surface area contributed by atoms with E-state index >= 15 is 0 Å². The molecule has 96 valence electrons. The van der Waals surface area contributed by atoms with Gasteiger partial charge in [0.1, 0.15) is 0 Å². The molecule has 0 aliphatic heterocycles. The average molecular weight is 261 g/mol. The van der Waals surface area contributed by atoms with E-state index in [1.807, 2.05) is 0 Å². The summed E-state index contributed by atoms with van der Waals surface area (Å²) in [5.74, 6) is 0. The lowest BCUT2D eigenvalue weighted by atomic mass is 9.99. The summed E-state index contributed by atoms with van der Waals surface area (Å²) in [4.78, 5) is 0. The summed E-state index contributed by atoms with van der Waals surface area (Å²) in [5.41, 5.74) is 1.28. The molecular weight excluding hydrogens is 240 g/mol. The number of halogens is 1. The zero-order valence-corrected chi connectivity index (χ0v) is 11.8. The number of rotatable bonds is 6. The van der Waals surface area contributed by atoms with Crippen LogP contribution in [0.1, 0.15) is 50.0 Å². The lowest BCUT2D eigenvalue weighted by molar-refractivity contribution is 0.625. The molecule has 0 heterocycles. The number of unbranched alkanes of at least 4 members (excludes halogenated alkanes) is 3. The van der Waals surface area contributed by atoms with Gasteiger partial charge in [0.25, 0.3) is 0 Å². The Morgan fingerprint density at radius 3 is 2.56 bits per heavy atom. The molecule has 0 radical (unpaired) electrons. The summed E-state index contributed by atoms with van der Waals surface area (Å²) < 4.78 is 0. The van der Waals surface area contributed by atoms with Gasteiger partial charge in [0.2, 0.25) is 0 Å². The van der Waals surface area contributed by atoms with Gasteiger partial charge in [-0.1, -0.05) is 75.1 Å². The number of hydrogen-bond donors (Lipinski definition) is 0. The smallest absolute Gasteiger partial charge is 0.0591 e.